The van der Waals surface area contributed by atoms with Crippen LogP contribution in [0, 0.1) is 0 Å². The summed E-state index contributed by atoms with van der Waals surface area (Å²) in [5.41, 5.74) is 1.17. The minimum Gasteiger partial charge on any atom is -0.504 e. The lowest BCUT2D eigenvalue weighted by Crippen LogP contribution is -2.14. The molecule has 1 atom stereocenters. The van der Waals surface area contributed by atoms with E-state index in [4.69, 9.17) is 9.84 Å². The quantitative estimate of drug-likeness (QED) is 0.868. The van der Waals surface area contributed by atoms with Gasteiger partial charge < -0.3 is 14.9 Å². The number of aromatic hydroxyl groups is 1. The Bertz CT molecular complexity index is 458. The van der Waals surface area contributed by atoms with Crippen molar-refractivity contribution in [2.24, 2.45) is 0 Å². The highest BCUT2D eigenvalue weighted by molar-refractivity contribution is 5.77. The molecule has 4 heteroatoms. The molecule has 0 saturated carbocycles. The number of aliphatic carboxylic acids is 1. The molecule has 4 nitrogen and oxygen atoms in total. The molecule has 1 aromatic carbocycles. The zero-order valence-electron chi connectivity index (χ0n) is 11.4. The third-order valence-corrected chi connectivity index (χ3v) is 3.03. The number of carboxylic acids is 1. The van der Waals surface area contributed by atoms with Crippen molar-refractivity contribution in [3.8, 4) is 11.5 Å². The van der Waals surface area contributed by atoms with Gasteiger partial charge in [-0.15, -0.1) is 0 Å². The number of carbonyl (C=O) groups is 1. The van der Waals surface area contributed by atoms with Crippen molar-refractivity contribution in [2.45, 2.75) is 39.0 Å². The molecule has 100 valence electrons. The number of phenolic OH excluding ortho intramolecular Hbond substituents is 1. The fraction of sp³-hybridized carbons (Fsp3) is 0.500. The summed E-state index contributed by atoms with van der Waals surface area (Å²) >= 11 is 0. The number of ether oxygens (including phenoxy) is 1. The smallest absolute Gasteiger partial charge is 0.310 e. The van der Waals surface area contributed by atoms with Gasteiger partial charge in [0.2, 0.25) is 0 Å². The first-order valence-corrected chi connectivity index (χ1v) is 5.82. The second kappa shape index (κ2) is 4.88. The molecule has 0 aliphatic rings. The second-order valence-corrected chi connectivity index (χ2v) is 5.43. The van der Waals surface area contributed by atoms with Gasteiger partial charge in [-0.2, -0.15) is 0 Å². The Morgan fingerprint density at radius 2 is 1.89 bits per heavy atom. The van der Waals surface area contributed by atoms with Gasteiger partial charge in [-0.05, 0) is 24.0 Å². The number of methoxy groups -OCH3 is 1. The maximum atomic E-state index is 11.1. The summed E-state index contributed by atoms with van der Waals surface area (Å²) in [4.78, 5) is 11.1. The number of hydrogen-bond donors (Lipinski definition) is 2. The van der Waals surface area contributed by atoms with E-state index in [0.717, 1.165) is 5.56 Å². The van der Waals surface area contributed by atoms with Gasteiger partial charge in [0.25, 0.3) is 0 Å². The molecule has 0 radical (unpaired) electrons. The Labute approximate surface area is 107 Å². The summed E-state index contributed by atoms with van der Waals surface area (Å²) < 4.78 is 5.11. The van der Waals surface area contributed by atoms with Crippen LogP contribution >= 0.6 is 0 Å². The standard InChI is InChI=1S/C14H20O4/c1-8(13(16)17)10-6-9(14(2,3)4)7-11(18-5)12(10)15/h6-8,15H,1-5H3,(H,16,17). The van der Waals surface area contributed by atoms with E-state index in [1.165, 1.54) is 7.11 Å². The van der Waals surface area contributed by atoms with E-state index in [2.05, 4.69) is 0 Å². The molecule has 0 bridgehead atoms. The van der Waals surface area contributed by atoms with Gasteiger partial charge >= 0.3 is 5.97 Å². The van der Waals surface area contributed by atoms with Gasteiger partial charge in [0.15, 0.2) is 11.5 Å². The second-order valence-electron chi connectivity index (χ2n) is 5.43. The highest BCUT2D eigenvalue weighted by Gasteiger charge is 2.24. The Morgan fingerprint density at radius 1 is 1.33 bits per heavy atom. The van der Waals surface area contributed by atoms with Gasteiger partial charge in [-0.3, -0.25) is 4.79 Å². The molecule has 0 aliphatic carbocycles. The van der Waals surface area contributed by atoms with Crippen LogP contribution in [0.5, 0.6) is 11.5 Å². The number of rotatable bonds is 3. The largest absolute Gasteiger partial charge is 0.504 e. The normalized spacial score (nSPS) is 13.2. The van der Waals surface area contributed by atoms with Crippen molar-refractivity contribution in [2.75, 3.05) is 7.11 Å². The fourth-order valence-corrected chi connectivity index (χ4v) is 1.68. The van der Waals surface area contributed by atoms with E-state index >= 15 is 0 Å². The molecule has 1 aromatic rings. The molecule has 0 aliphatic heterocycles. The van der Waals surface area contributed by atoms with E-state index in [1.807, 2.05) is 20.8 Å². The van der Waals surface area contributed by atoms with Gasteiger partial charge in [0.1, 0.15) is 0 Å². The van der Waals surface area contributed by atoms with Crippen molar-refractivity contribution in [3.63, 3.8) is 0 Å². The predicted molar refractivity (Wildman–Crippen MR) is 69.4 cm³/mol. The van der Waals surface area contributed by atoms with E-state index in [9.17, 15) is 9.90 Å². The van der Waals surface area contributed by atoms with E-state index < -0.39 is 11.9 Å². The third-order valence-electron chi connectivity index (χ3n) is 3.03. The number of benzene rings is 1. The van der Waals surface area contributed by atoms with Crippen LogP contribution in [0.3, 0.4) is 0 Å². The van der Waals surface area contributed by atoms with E-state index in [-0.39, 0.29) is 11.2 Å². The Morgan fingerprint density at radius 3 is 2.28 bits per heavy atom. The van der Waals surface area contributed by atoms with Crippen molar-refractivity contribution < 1.29 is 19.7 Å². The molecule has 0 amide bonds. The van der Waals surface area contributed by atoms with Crippen molar-refractivity contribution >= 4 is 5.97 Å². The van der Waals surface area contributed by atoms with Gasteiger partial charge in [-0.1, -0.05) is 26.8 Å². The average molecular weight is 252 g/mol. The molecule has 1 unspecified atom stereocenters. The monoisotopic (exact) mass is 252 g/mol. The molecule has 18 heavy (non-hydrogen) atoms. The molecular weight excluding hydrogens is 232 g/mol. The maximum absolute atomic E-state index is 11.1. The summed E-state index contributed by atoms with van der Waals surface area (Å²) in [7, 11) is 1.46. The van der Waals surface area contributed by atoms with E-state index in [1.54, 1.807) is 19.1 Å². The van der Waals surface area contributed by atoms with Gasteiger partial charge in [0.05, 0.1) is 13.0 Å². The van der Waals surface area contributed by atoms with Crippen LogP contribution in [-0.2, 0) is 10.2 Å². The highest BCUT2D eigenvalue weighted by atomic mass is 16.5. The van der Waals surface area contributed by atoms with Gasteiger partial charge in [0, 0.05) is 5.56 Å². The van der Waals surface area contributed by atoms with E-state index in [0.29, 0.717) is 11.3 Å². The van der Waals surface area contributed by atoms with Crippen LogP contribution < -0.4 is 4.74 Å². The Kier molecular flexibility index (Phi) is 3.89. The first-order chi connectivity index (χ1) is 8.18. The number of phenols is 1. The maximum Gasteiger partial charge on any atom is 0.310 e. The minimum atomic E-state index is -0.974. The first-order valence-electron chi connectivity index (χ1n) is 5.82. The van der Waals surface area contributed by atoms with Crippen LogP contribution in [0.15, 0.2) is 12.1 Å². The summed E-state index contributed by atoms with van der Waals surface area (Å²) in [5.74, 6) is -1.54. The fourth-order valence-electron chi connectivity index (χ4n) is 1.68. The topological polar surface area (TPSA) is 66.8 Å². The predicted octanol–water partition coefficient (Wildman–Crippen LogP) is 2.89. The molecular formula is C14H20O4. The van der Waals surface area contributed by atoms with Crippen molar-refractivity contribution in [1.82, 2.24) is 0 Å². The summed E-state index contributed by atoms with van der Waals surface area (Å²) in [6, 6.07) is 3.48. The first kappa shape index (κ1) is 14.4. The number of hydrogen-bond acceptors (Lipinski definition) is 3. The van der Waals surface area contributed by atoms with Crippen LogP contribution in [0.25, 0.3) is 0 Å². The van der Waals surface area contributed by atoms with Crippen molar-refractivity contribution in [1.29, 1.82) is 0 Å². The Balaban J connectivity index is 3.46. The third kappa shape index (κ3) is 2.75. The summed E-state index contributed by atoms with van der Waals surface area (Å²) in [6.07, 6.45) is 0. The zero-order valence-corrected chi connectivity index (χ0v) is 11.4. The minimum absolute atomic E-state index is 0.0969. The van der Waals surface area contributed by atoms with Crippen molar-refractivity contribution in [3.05, 3.63) is 23.3 Å². The highest BCUT2D eigenvalue weighted by Crippen LogP contribution is 2.39. The average Bonchev–Trinajstić information content (AvgIpc) is 2.26. The van der Waals surface area contributed by atoms with Gasteiger partial charge in [-0.25, -0.2) is 0 Å². The molecule has 0 fully saturated rings. The summed E-state index contributed by atoms with van der Waals surface area (Å²) in [6.45, 7) is 7.61. The molecule has 0 aromatic heterocycles. The summed E-state index contributed by atoms with van der Waals surface area (Å²) in [5, 5.41) is 19.1. The molecule has 1 rings (SSSR count). The van der Waals surface area contributed by atoms with Crippen LogP contribution in [0.2, 0.25) is 0 Å². The van der Waals surface area contributed by atoms with Crippen LogP contribution in [-0.4, -0.2) is 23.3 Å². The number of carboxylic acid groups (broad SMARTS) is 1. The van der Waals surface area contributed by atoms with Crippen LogP contribution in [0.1, 0.15) is 44.7 Å². The lowest BCUT2D eigenvalue weighted by Gasteiger charge is -2.23. The lowest BCUT2D eigenvalue weighted by molar-refractivity contribution is -0.138. The molecule has 0 spiro atoms. The Hall–Kier alpha value is -1.71. The molecule has 0 saturated heterocycles. The SMILES string of the molecule is COc1cc(C(C)(C)C)cc(C(C)C(=O)O)c1O. The molecule has 0 heterocycles. The van der Waals surface area contributed by atoms with Crippen LogP contribution in [0.4, 0.5) is 0 Å². The lowest BCUT2D eigenvalue weighted by atomic mass is 9.84. The molecule has 2 N–H and O–H groups in total. The zero-order chi connectivity index (χ0) is 14.1.